The standard InChI is InChI=1S/C12H16ClN3O2/c1-9-7-12(10(13)8-11(9)16(17)18)15-5-3-14(2)4-6-15/h7-8H,3-6H2,1-2H3. The maximum absolute atomic E-state index is 10.8. The Hall–Kier alpha value is -1.33. The molecule has 0 unspecified atom stereocenters. The second-order valence-electron chi connectivity index (χ2n) is 4.64. The van der Waals surface area contributed by atoms with Crippen molar-refractivity contribution < 1.29 is 4.92 Å². The monoisotopic (exact) mass is 269 g/mol. The first kappa shape index (κ1) is 13.1. The summed E-state index contributed by atoms with van der Waals surface area (Å²) < 4.78 is 0. The van der Waals surface area contributed by atoms with Crippen molar-refractivity contribution in [3.05, 3.63) is 32.8 Å². The van der Waals surface area contributed by atoms with Crippen LogP contribution in [0.1, 0.15) is 5.56 Å². The van der Waals surface area contributed by atoms with Crippen LogP contribution >= 0.6 is 11.6 Å². The SMILES string of the molecule is Cc1cc(N2CCN(C)CC2)c(Cl)cc1[N+](=O)[O-]. The largest absolute Gasteiger partial charge is 0.368 e. The summed E-state index contributed by atoms with van der Waals surface area (Å²) >= 11 is 6.16. The maximum atomic E-state index is 10.8. The smallest absolute Gasteiger partial charge is 0.273 e. The number of rotatable bonds is 2. The Balaban J connectivity index is 2.29. The average molecular weight is 270 g/mol. The zero-order valence-corrected chi connectivity index (χ0v) is 11.3. The third-order valence-corrected chi connectivity index (χ3v) is 3.61. The van der Waals surface area contributed by atoms with Crippen LogP contribution in [0.25, 0.3) is 0 Å². The Morgan fingerprint density at radius 2 is 1.89 bits per heavy atom. The lowest BCUT2D eigenvalue weighted by Gasteiger charge is -2.34. The summed E-state index contributed by atoms with van der Waals surface area (Å²) in [5, 5.41) is 11.3. The number of piperazine rings is 1. The highest BCUT2D eigenvalue weighted by Gasteiger charge is 2.20. The molecule has 1 saturated heterocycles. The quantitative estimate of drug-likeness (QED) is 0.611. The molecule has 0 N–H and O–H groups in total. The highest BCUT2D eigenvalue weighted by Crippen LogP contribution is 2.33. The molecule has 0 atom stereocenters. The molecule has 6 heteroatoms. The van der Waals surface area contributed by atoms with E-state index in [1.165, 1.54) is 6.07 Å². The Morgan fingerprint density at radius 1 is 1.28 bits per heavy atom. The van der Waals surface area contributed by atoms with Crippen LogP contribution in [0.4, 0.5) is 11.4 Å². The summed E-state index contributed by atoms with van der Waals surface area (Å²) in [4.78, 5) is 14.9. The molecular formula is C12H16ClN3O2. The molecule has 1 aliphatic rings. The summed E-state index contributed by atoms with van der Waals surface area (Å²) in [5.74, 6) is 0. The van der Waals surface area contributed by atoms with Crippen molar-refractivity contribution in [2.24, 2.45) is 0 Å². The van der Waals surface area contributed by atoms with Gasteiger partial charge < -0.3 is 9.80 Å². The van der Waals surface area contributed by atoms with E-state index in [-0.39, 0.29) is 5.69 Å². The Bertz CT molecular complexity index is 471. The number of nitro groups is 1. The number of hydrogen-bond donors (Lipinski definition) is 0. The van der Waals surface area contributed by atoms with Gasteiger partial charge in [0.05, 0.1) is 15.6 Å². The van der Waals surface area contributed by atoms with Gasteiger partial charge in [-0.05, 0) is 20.0 Å². The van der Waals surface area contributed by atoms with Crippen LogP contribution in [0.3, 0.4) is 0 Å². The van der Waals surface area contributed by atoms with E-state index < -0.39 is 4.92 Å². The predicted molar refractivity (Wildman–Crippen MR) is 72.6 cm³/mol. The van der Waals surface area contributed by atoms with Crippen LogP contribution in [0, 0.1) is 17.0 Å². The van der Waals surface area contributed by atoms with E-state index in [1.807, 2.05) is 6.07 Å². The molecule has 0 saturated carbocycles. The minimum absolute atomic E-state index is 0.0814. The van der Waals surface area contributed by atoms with Gasteiger partial charge in [0.15, 0.2) is 0 Å². The van der Waals surface area contributed by atoms with E-state index in [4.69, 9.17) is 11.6 Å². The Labute approximate surface area is 111 Å². The fourth-order valence-corrected chi connectivity index (χ4v) is 2.42. The molecule has 1 aromatic carbocycles. The van der Waals surface area contributed by atoms with Crippen LogP contribution in [0.15, 0.2) is 12.1 Å². The normalized spacial score (nSPS) is 16.9. The van der Waals surface area contributed by atoms with Crippen LogP contribution in [0.2, 0.25) is 5.02 Å². The van der Waals surface area contributed by atoms with E-state index in [1.54, 1.807) is 6.92 Å². The van der Waals surface area contributed by atoms with Gasteiger partial charge in [0, 0.05) is 37.8 Å². The lowest BCUT2D eigenvalue weighted by Crippen LogP contribution is -2.44. The van der Waals surface area contributed by atoms with Gasteiger partial charge >= 0.3 is 0 Å². The zero-order chi connectivity index (χ0) is 13.3. The molecule has 1 aliphatic heterocycles. The number of aryl methyl sites for hydroxylation is 1. The number of halogens is 1. The fourth-order valence-electron chi connectivity index (χ4n) is 2.14. The number of nitrogens with zero attached hydrogens (tertiary/aromatic N) is 3. The minimum atomic E-state index is -0.394. The highest BCUT2D eigenvalue weighted by atomic mass is 35.5. The molecule has 1 aromatic rings. The van der Waals surface area contributed by atoms with Gasteiger partial charge in [0.1, 0.15) is 0 Å². The Kier molecular flexibility index (Phi) is 3.73. The van der Waals surface area contributed by atoms with Gasteiger partial charge in [0.25, 0.3) is 5.69 Å². The van der Waals surface area contributed by atoms with Crippen molar-refractivity contribution in [2.75, 3.05) is 38.1 Å². The molecular weight excluding hydrogens is 254 g/mol. The van der Waals surface area contributed by atoms with Crippen molar-refractivity contribution in [3.63, 3.8) is 0 Å². The molecule has 0 aliphatic carbocycles. The molecule has 2 rings (SSSR count). The van der Waals surface area contributed by atoms with Crippen LogP contribution in [0.5, 0.6) is 0 Å². The van der Waals surface area contributed by atoms with Crippen molar-refractivity contribution in [1.29, 1.82) is 0 Å². The average Bonchev–Trinajstić information content (AvgIpc) is 2.32. The van der Waals surface area contributed by atoms with E-state index in [2.05, 4.69) is 16.8 Å². The lowest BCUT2D eigenvalue weighted by atomic mass is 10.1. The zero-order valence-electron chi connectivity index (χ0n) is 10.5. The summed E-state index contributed by atoms with van der Waals surface area (Å²) in [5.41, 5.74) is 1.63. The molecule has 18 heavy (non-hydrogen) atoms. The number of benzene rings is 1. The van der Waals surface area contributed by atoms with Crippen LogP contribution in [-0.2, 0) is 0 Å². The third-order valence-electron chi connectivity index (χ3n) is 3.31. The molecule has 1 fully saturated rings. The molecule has 0 aromatic heterocycles. The molecule has 0 radical (unpaired) electrons. The van der Waals surface area contributed by atoms with Gasteiger partial charge in [-0.2, -0.15) is 0 Å². The van der Waals surface area contributed by atoms with E-state index >= 15 is 0 Å². The lowest BCUT2D eigenvalue weighted by molar-refractivity contribution is -0.385. The molecule has 0 spiro atoms. The topological polar surface area (TPSA) is 49.6 Å². The van der Waals surface area contributed by atoms with Gasteiger partial charge in [-0.1, -0.05) is 11.6 Å². The van der Waals surface area contributed by atoms with E-state index in [0.29, 0.717) is 10.6 Å². The summed E-state index contributed by atoms with van der Waals surface area (Å²) in [7, 11) is 2.08. The third kappa shape index (κ3) is 2.57. The van der Waals surface area contributed by atoms with Gasteiger partial charge in [0.2, 0.25) is 0 Å². The van der Waals surface area contributed by atoms with E-state index in [9.17, 15) is 10.1 Å². The number of anilines is 1. The van der Waals surface area contributed by atoms with Gasteiger partial charge in [-0.25, -0.2) is 0 Å². The van der Waals surface area contributed by atoms with Crippen molar-refractivity contribution in [1.82, 2.24) is 4.90 Å². The Morgan fingerprint density at radius 3 is 2.44 bits per heavy atom. The molecule has 98 valence electrons. The van der Waals surface area contributed by atoms with Gasteiger partial charge in [-0.15, -0.1) is 0 Å². The molecule has 5 nitrogen and oxygen atoms in total. The first-order valence-corrected chi connectivity index (χ1v) is 6.25. The number of likely N-dealkylation sites (N-methyl/N-ethyl adjacent to an activating group) is 1. The second-order valence-corrected chi connectivity index (χ2v) is 5.04. The molecule has 0 amide bonds. The predicted octanol–water partition coefficient (Wildman–Crippen LogP) is 2.31. The van der Waals surface area contributed by atoms with Gasteiger partial charge in [-0.3, -0.25) is 10.1 Å². The molecule has 1 heterocycles. The second kappa shape index (κ2) is 5.12. The van der Waals surface area contributed by atoms with Crippen molar-refractivity contribution >= 4 is 23.0 Å². The summed E-state index contributed by atoms with van der Waals surface area (Å²) in [6.07, 6.45) is 0. The summed E-state index contributed by atoms with van der Waals surface area (Å²) in [6, 6.07) is 3.26. The first-order valence-electron chi connectivity index (χ1n) is 5.87. The number of hydrogen-bond acceptors (Lipinski definition) is 4. The summed E-state index contributed by atoms with van der Waals surface area (Å²) in [6.45, 7) is 5.49. The van der Waals surface area contributed by atoms with Crippen LogP contribution in [-0.4, -0.2) is 43.0 Å². The van der Waals surface area contributed by atoms with Crippen molar-refractivity contribution in [2.45, 2.75) is 6.92 Å². The fraction of sp³-hybridized carbons (Fsp3) is 0.500. The molecule has 0 bridgehead atoms. The van der Waals surface area contributed by atoms with E-state index in [0.717, 1.165) is 31.9 Å². The highest BCUT2D eigenvalue weighted by molar-refractivity contribution is 6.33. The maximum Gasteiger partial charge on any atom is 0.273 e. The first-order chi connectivity index (χ1) is 8.49. The minimum Gasteiger partial charge on any atom is -0.368 e. The van der Waals surface area contributed by atoms with Crippen molar-refractivity contribution in [3.8, 4) is 0 Å². The number of nitro benzene ring substituents is 1. The van der Waals surface area contributed by atoms with Crippen LogP contribution < -0.4 is 4.90 Å².